The Morgan fingerprint density at radius 2 is 2.06 bits per heavy atom. The predicted molar refractivity (Wildman–Crippen MR) is 68.6 cm³/mol. The second-order valence-corrected chi connectivity index (χ2v) is 5.26. The van der Waals surface area contributed by atoms with Gasteiger partial charge in [-0.25, -0.2) is 0 Å². The molecule has 96 valence electrons. The summed E-state index contributed by atoms with van der Waals surface area (Å²) in [6.07, 6.45) is 9.66. The monoisotopic (exact) mass is 236 g/mol. The van der Waals surface area contributed by atoms with Crippen LogP contribution in [-0.2, 0) is 6.54 Å². The van der Waals surface area contributed by atoms with Gasteiger partial charge >= 0.3 is 0 Å². The van der Waals surface area contributed by atoms with Gasteiger partial charge in [0.2, 0.25) is 0 Å². The van der Waals surface area contributed by atoms with E-state index in [1.54, 1.807) is 0 Å². The van der Waals surface area contributed by atoms with Crippen molar-refractivity contribution in [2.24, 2.45) is 11.8 Å². The minimum Gasteiger partial charge on any atom is -0.388 e. The van der Waals surface area contributed by atoms with Gasteiger partial charge in [-0.2, -0.15) is 5.10 Å². The molecule has 3 nitrogen and oxygen atoms in total. The van der Waals surface area contributed by atoms with Crippen molar-refractivity contribution < 1.29 is 5.11 Å². The lowest BCUT2D eigenvalue weighted by molar-refractivity contribution is 0.0729. The molecule has 0 aromatic carbocycles. The molecule has 1 aromatic rings. The number of aryl methyl sites for hydroxylation is 1. The van der Waals surface area contributed by atoms with Gasteiger partial charge in [-0.3, -0.25) is 4.68 Å². The summed E-state index contributed by atoms with van der Waals surface area (Å²) in [5.74, 6) is 1.32. The highest BCUT2D eigenvalue weighted by Crippen LogP contribution is 2.37. The van der Waals surface area contributed by atoms with Crippen LogP contribution >= 0.6 is 0 Å². The van der Waals surface area contributed by atoms with Crippen LogP contribution in [0.1, 0.15) is 57.6 Å². The molecule has 1 fully saturated rings. The van der Waals surface area contributed by atoms with E-state index in [1.807, 2.05) is 17.1 Å². The molecule has 1 aliphatic rings. The molecule has 17 heavy (non-hydrogen) atoms. The molecule has 0 radical (unpaired) electrons. The van der Waals surface area contributed by atoms with E-state index in [0.29, 0.717) is 5.92 Å². The third kappa shape index (κ3) is 2.89. The molecular formula is C14H24N2O. The Labute approximate surface area is 104 Å². The standard InChI is InChI=1S/C14H24N2O/c1-3-11-5-7-12(8-6-11)14(17)13-9-15-16(4-2)10-13/h9-12,14,17H,3-8H2,1-2H3. The van der Waals surface area contributed by atoms with Crippen LogP contribution in [0, 0.1) is 11.8 Å². The maximum absolute atomic E-state index is 10.4. The quantitative estimate of drug-likeness (QED) is 0.872. The first-order valence-electron chi connectivity index (χ1n) is 6.95. The van der Waals surface area contributed by atoms with Crippen LogP contribution in [0.2, 0.25) is 0 Å². The van der Waals surface area contributed by atoms with Gasteiger partial charge in [0.1, 0.15) is 0 Å². The third-order valence-corrected chi connectivity index (χ3v) is 4.23. The Morgan fingerprint density at radius 1 is 1.35 bits per heavy atom. The number of aliphatic hydroxyl groups is 1. The summed E-state index contributed by atoms with van der Waals surface area (Å²) >= 11 is 0. The summed E-state index contributed by atoms with van der Waals surface area (Å²) in [5.41, 5.74) is 0.992. The minimum atomic E-state index is -0.312. The molecule has 1 aliphatic carbocycles. The fraction of sp³-hybridized carbons (Fsp3) is 0.786. The van der Waals surface area contributed by atoms with Crippen molar-refractivity contribution in [3.63, 3.8) is 0 Å². The number of nitrogens with zero attached hydrogens (tertiary/aromatic N) is 2. The highest BCUT2D eigenvalue weighted by molar-refractivity contribution is 5.09. The molecule has 2 rings (SSSR count). The molecule has 0 saturated heterocycles. The van der Waals surface area contributed by atoms with Crippen LogP contribution in [-0.4, -0.2) is 14.9 Å². The molecule has 1 unspecified atom stereocenters. The van der Waals surface area contributed by atoms with E-state index >= 15 is 0 Å². The SMILES string of the molecule is CCC1CCC(C(O)c2cnn(CC)c2)CC1. The van der Waals surface area contributed by atoms with Crippen LogP contribution in [0.25, 0.3) is 0 Å². The Kier molecular flexibility index (Phi) is 4.21. The topological polar surface area (TPSA) is 38.1 Å². The number of hydrogen-bond acceptors (Lipinski definition) is 2. The maximum Gasteiger partial charge on any atom is 0.0848 e. The van der Waals surface area contributed by atoms with Crippen molar-refractivity contribution in [3.8, 4) is 0 Å². The van der Waals surface area contributed by atoms with E-state index in [9.17, 15) is 5.11 Å². The van der Waals surface area contributed by atoms with Gasteiger partial charge in [0.05, 0.1) is 12.3 Å². The second-order valence-electron chi connectivity index (χ2n) is 5.26. The minimum absolute atomic E-state index is 0.312. The summed E-state index contributed by atoms with van der Waals surface area (Å²) in [4.78, 5) is 0. The predicted octanol–water partition coefficient (Wildman–Crippen LogP) is 3.15. The van der Waals surface area contributed by atoms with Crippen molar-refractivity contribution >= 4 is 0 Å². The van der Waals surface area contributed by atoms with Gasteiger partial charge in [-0.05, 0) is 31.6 Å². The largest absolute Gasteiger partial charge is 0.388 e. The van der Waals surface area contributed by atoms with Crippen LogP contribution < -0.4 is 0 Å². The molecule has 0 aliphatic heterocycles. The average molecular weight is 236 g/mol. The van der Waals surface area contributed by atoms with Crippen molar-refractivity contribution in [1.82, 2.24) is 9.78 Å². The van der Waals surface area contributed by atoms with Gasteiger partial charge in [-0.1, -0.05) is 26.2 Å². The zero-order valence-corrected chi connectivity index (χ0v) is 11.0. The summed E-state index contributed by atoms with van der Waals surface area (Å²) in [5, 5.41) is 14.6. The molecule has 0 amide bonds. The fourth-order valence-corrected chi connectivity index (χ4v) is 2.89. The number of rotatable bonds is 4. The van der Waals surface area contributed by atoms with Gasteiger partial charge < -0.3 is 5.11 Å². The Morgan fingerprint density at radius 3 is 2.59 bits per heavy atom. The van der Waals surface area contributed by atoms with Crippen molar-refractivity contribution in [2.75, 3.05) is 0 Å². The summed E-state index contributed by atoms with van der Waals surface area (Å²) in [7, 11) is 0. The molecular weight excluding hydrogens is 212 g/mol. The maximum atomic E-state index is 10.4. The van der Waals surface area contributed by atoms with E-state index in [1.165, 1.54) is 19.3 Å². The Bertz CT molecular complexity index is 340. The van der Waals surface area contributed by atoms with Crippen LogP contribution in [0.5, 0.6) is 0 Å². The molecule has 0 spiro atoms. The second kappa shape index (κ2) is 5.67. The molecule has 3 heteroatoms. The van der Waals surface area contributed by atoms with Gasteiger partial charge in [0.15, 0.2) is 0 Å². The van der Waals surface area contributed by atoms with Crippen molar-refractivity contribution in [2.45, 2.75) is 58.6 Å². The van der Waals surface area contributed by atoms with Crippen LogP contribution in [0.15, 0.2) is 12.4 Å². The summed E-state index contributed by atoms with van der Waals surface area (Å²) in [6, 6.07) is 0. The number of aromatic nitrogens is 2. The van der Waals surface area contributed by atoms with E-state index in [4.69, 9.17) is 0 Å². The first kappa shape index (κ1) is 12.6. The molecule has 1 atom stereocenters. The van der Waals surface area contributed by atoms with Gasteiger partial charge in [0, 0.05) is 18.3 Å². The van der Waals surface area contributed by atoms with Crippen LogP contribution in [0.3, 0.4) is 0 Å². The number of aliphatic hydroxyl groups excluding tert-OH is 1. The summed E-state index contributed by atoms with van der Waals surface area (Å²) < 4.78 is 1.89. The Hall–Kier alpha value is -0.830. The van der Waals surface area contributed by atoms with E-state index in [2.05, 4.69) is 18.9 Å². The fourth-order valence-electron chi connectivity index (χ4n) is 2.89. The van der Waals surface area contributed by atoms with E-state index < -0.39 is 0 Å². The van der Waals surface area contributed by atoms with Gasteiger partial charge in [-0.15, -0.1) is 0 Å². The lowest BCUT2D eigenvalue weighted by Crippen LogP contribution is -2.20. The normalized spacial score (nSPS) is 27.0. The van der Waals surface area contributed by atoms with E-state index in [-0.39, 0.29) is 6.10 Å². The molecule has 1 aromatic heterocycles. The van der Waals surface area contributed by atoms with Gasteiger partial charge in [0.25, 0.3) is 0 Å². The zero-order chi connectivity index (χ0) is 12.3. The molecule has 1 saturated carbocycles. The highest BCUT2D eigenvalue weighted by Gasteiger charge is 2.27. The lowest BCUT2D eigenvalue weighted by Gasteiger charge is -2.30. The third-order valence-electron chi connectivity index (χ3n) is 4.23. The highest BCUT2D eigenvalue weighted by atomic mass is 16.3. The number of hydrogen-bond donors (Lipinski definition) is 1. The summed E-state index contributed by atoms with van der Waals surface area (Å²) in [6.45, 7) is 5.21. The average Bonchev–Trinajstić information content (AvgIpc) is 2.87. The van der Waals surface area contributed by atoms with Crippen molar-refractivity contribution in [3.05, 3.63) is 18.0 Å². The zero-order valence-electron chi connectivity index (χ0n) is 11.0. The Balaban J connectivity index is 1.94. The van der Waals surface area contributed by atoms with E-state index in [0.717, 1.165) is 30.9 Å². The van der Waals surface area contributed by atoms with Crippen LogP contribution in [0.4, 0.5) is 0 Å². The first-order chi connectivity index (χ1) is 8.24. The lowest BCUT2D eigenvalue weighted by atomic mass is 9.77. The molecule has 1 N–H and O–H groups in total. The smallest absolute Gasteiger partial charge is 0.0848 e. The first-order valence-corrected chi connectivity index (χ1v) is 6.95. The van der Waals surface area contributed by atoms with Crippen molar-refractivity contribution in [1.29, 1.82) is 0 Å². The molecule has 0 bridgehead atoms. The molecule has 1 heterocycles.